The molecule has 1 aromatic carbocycles. The number of rotatable bonds is 4. The number of thioether (sulfide) groups is 1. The SMILES string of the molecule is CN(C)Cc1ccc(CN=C(N)N2CCSCC2)cc1. The second-order valence-electron chi connectivity index (χ2n) is 5.33. The number of hydrogen-bond donors (Lipinski definition) is 1. The van der Waals surface area contributed by atoms with Crippen LogP contribution in [0.3, 0.4) is 0 Å². The van der Waals surface area contributed by atoms with E-state index >= 15 is 0 Å². The molecule has 0 bridgehead atoms. The molecule has 4 nitrogen and oxygen atoms in total. The van der Waals surface area contributed by atoms with Crippen molar-refractivity contribution < 1.29 is 0 Å². The van der Waals surface area contributed by atoms with Crippen molar-refractivity contribution in [3.8, 4) is 0 Å². The van der Waals surface area contributed by atoms with Crippen molar-refractivity contribution in [2.75, 3.05) is 38.7 Å². The van der Waals surface area contributed by atoms with Gasteiger partial charge in [-0.2, -0.15) is 11.8 Å². The molecule has 1 fully saturated rings. The Labute approximate surface area is 126 Å². The van der Waals surface area contributed by atoms with Gasteiger partial charge >= 0.3 is 0 Å². The van der Waals surface area contributed by atoms with E-state index < -0.39 is 0 Å². The Morgan fingerprint density at radius 2 is 1.80 bits per heavy atom. The van der Waals surface area contributed by atoms with Crippen LogP contribution in [0.2, 0.25) is 0 Å². The number of aliphatic imine (C=N–C) groups is 1. The molecule has 110 valence electrons. The largest absolute Gasteiger partial charge is 0.370 e. The van der Waals surface area contributed by atoms with E-state index in [4.69, 9.17) is 5.73 Å². The van der Waals surface area contributed by atoms with E-state index in [1.165, 1.54) is 11.1 Å². The monoisotopic (exact) mass is 292 g/mol. The standard InChI is InChI=1S/C15H24N4S/c1-18(2)12-14-5-3-13(4-6-14)11-17-15(16)19-7-9-20-10-8-19/h3-6H,7-12H2,1-2H3,(H2,16,17). The zero-order valence-corrected chi connectivity index (χ0v) is 13.2. The lowest BCUT2D eigenvalue weighted by Crippen LogP contribution is -2.42. The third kappa shape index (κ3) is 4.72. The number of benzene rings is 1. The predicted molar refractivity (Wildman–Crippen MR) is 88.1 cm³/mol. The second-order valence-corrected chi connectivity index (χ2v) is 6.55. The van der Waals surface area contributed by atoms with Crippen LogP contribution >= 0.6 is 11.8 Å². The molecule has 0 amide bonds. The molecular weight excluding hydrogens is 268 g/mol. The van der Waals surface area contributed by atoms with Gasteiger partial charge in [-0.1, -0.05) is 24.3 Å². The quantitative estimate of drug-likeness (QED) is 0.676. The molecule has 1 heterocycles. The summed E-state index contributed by atoms with van der Waals surface area (Å²) >= 11 is 1.98. The molecule has 5 heteroatoms. The van der Waals surface area contributed by atoms with Crippen LogP contribution in [0.5, 0.6) is 0 Å². The summed E-state index contributed by atoms with van der Waals surface area (Å²) in [5, 5.41) is 0. The smallest absolute Gasteiger partial charge is 0.191 e. The Balaban J connectivity index is 1.89. The molecule has 0 aromatic heterocycles. The normalized spacial score (nSPS) is 16.8. The maximum absolute atomic E-state index is 6.05. The van der Waals surface area contributed by atoms with Gasteiger partial charge in [0.2, 0.25) is 0 Å². The van der Waals surface area contributed by atoms with Crippen molar-refractivity contribution in [1.82, 2.24) is 9.80 Å². The first-order chi connectivity index (χ1) is 9.65. The summed E-state index contributed by atoms with van der Waals surface area (Å²) < 4.78 is 0. The van der Waals surface area contributed by atoms with Crippen LogP contribution in [-0.2, 0) is 13.1 Å². The van der Waals surface area contributed by atoms with Crippen molar-refractivity contribution in [1.29, 1.82) is 0 Å². The van der Waals surface area contributed by atoms with Gasteiger partial charge in [-0.25, -0.2) is 4.99 Å². The molecule has 0 radical (unpaired) electrons. The molecular formula is C15H24N4S. The fraction of sp³-hybridized carbons (Fsp3) is 0.533. The van der Waals surface area contributed by atoms with E-state index in [-0.39, 0.29) is 0 Å². The fourth-order valence-electron chi connectivity index (χ4n) is 2.18. The molecule has 1 aromatic rings. The van der Waals surface area contributed by atoms with E-state index in [0.29, 0.717) is 12.5 Å². The molecule has 1 aliphatic heterocycles. The van der Waals surface area contributed by atoms with E-state index in [2.05, 4.69) is 53.2 Å². The van der Waals surface area contributed by atoms with Gasteiger partial charge in [-0.15, -0.1) is 0 Å². The summed E-state index contributed by atoms with van der Waals surface area (Å²) in [6, 6.07) is 8.61. The molecule has 0 spiro atoms. The van der Waals surface area contributed by atoms with E-state index in [1.54, 1.807) is 0 Å². The van der Waals surface area contributed by atoms with Gasteiger partial charge < -0.3 is 15.5 Å². The fourth-order valence-corrected chi connectivity index (χ4v) is 3.08. The lowest BCUT2D eigenvalue weighted by Gasteiger charge is -2.27. The van der Waals surface area contributed by atoms with E-state index in [9.17, 15) is 0 Å². The van der Waals surface area contributed by atoms with Crippen LogP contribution < -0.4 is 5.73 Å². The topological polar surface area (TPSA) is 44.9 Å². The minimum atomic E-state index is 0.664. The van der Waals surface area contributed by atoms with Gasteiger partial charge in [0.25, 0.3) is 0 Å². The Morgan fingerprint density at radius 1 is 1.20 bits per heavy atom. The minimum Gasteiger partial charge on any atom is -0.370 e. The molecule has 2 N–H and O–H groups in total. The summed E-state index contributed by atoms with van der Waals surface area (Å²) in [4.78, 5) is 8.85. The summed E-state index contributed by atoms with van der Waals surface area (Å²) in [5.41, 5.74) is 8.59. The highest BCUT2D eigenvalue weighted by molar-refractivity contribution is 7.99. The van der Waals surface area contributed by atoms with Gasteiger partial charge in [0, 0.05) is 31.1 Å². The molecule has 1 saturated heterocycles. The Bertz CT molecular complexity index is 436. The number of nitrogens with zero attached hydrogens (tertiary/aromatic N) is 3. The number of hydrogen-bond acceptors (Lipinski definition) is 3. The summed E-state index contributed by atoms with van der Waals surface area (Å²) in [5.74, 6) is 2.98. The maximum Gasteiger partial charge on any atom is 0.191 e. The molecule has 20 heavy (non-hydrogen) atoms. The van der Waals surface area contributed by atoms with Gasteiger partial charge in [-0.05, 0) is 25.2 Å². The van der Waals surface area contributed by atoms with E-state index in [1.807, 2.05) is 11.8 Å². The number of nitrogens with two attached hydrogens (primary N) is 1. The van der Waals surface area contributed by atoms with Crippen LogP contribution in [-0.4, -0.2) is 54.4 Å². The zero-order chi connectivity index (χ0) is 14.4. The van der Waals surface area contributed by atoms with Crippen LogP contribution in [0.15, 0.2) is 29.3 Å². The molecule has 0 saturated carbocycles. The molecule has 0 unspecified atom stereocenters. The molecule has 1 aliphatic rings. The highest BCUT2D eigenvalue weighted by Crippen LogP contribution is 2.10. The first-order valence-corrected chi connectivity index (χ1v) is 8.16. The van der Waals surface area contributed by atoms with Gasteiger partial charge in [-0.3, -0.25) is 0 Å². The lowest BCUT2D eigenvalue weighted by molar-refractivity contribution is 0.402. The van der Waals surface area contributed by atoms with Crippen LogP contribution in [0, 0.1) is 0 Å². The second kappa shape index (κ2) is 7.55. The predicted octanol–water partition coefficient (Wildman–Crippen LogP) is 1.61. The van der Waals surface area contributed by atoms with Crippen LogP contribution in [0.25, 0.3) is 0 Å². The highest BCUT2D eigenvalue weighted by Gasteiger charge is 2.11. The maximum atomic E-state index is 6.05. The van der Waals surface area contributed by atoms with Crippen molar-refractivity contribution in [2.45, 2.75) is 13.1 Å². The van der Waals surface area contributed by atoms with Crippen molar-refractivity contribution in [2.24, 2.45) is 10.7 Å². The van der Waals surface area contributed by atoms with Crippen molar-refractivity contribution in [3.05, 3.63) is 35.4 Å². The van der Waals surface area contributed by atoms with Gasteiger partial charge in [0.15, 0.2) is 5.96 Å². The average molecular weight is 292 g/mol. The van der Waals surface area contributed by atoms with Gasteiger partial charge in [0.1, 0.15) is 0 Å². The highest BCUT2D eigenvalue weighted by atomic mass is 32.2. The Hall–Kier alpha value is -1.20. The third-order valence-corrected chi connectivity index (χ3v) is 4.22. The van der Waals surface area contributed by atoms with Gasteiger partial charge in [0.05, 0.1) is 6.54 Å². The van der Waals surface area contributed by atoms with Crippen molar-refractivity contribution >= 4 is 17.7 Å². The summed E-state index contributed by atoms with van der Waals surface area (Å²) in [7, 11) is 4.16. The Morgan fingerprint density at radius 3 is 2.40 bits per heavy atom. The summed E-state index contributed by atoms with van der Waals surface area (Å²) in [6.45, 7) is 3.67. The summed E-state index contributed by atoms with van der Waals surface area (Å²) in [6.07, 6.45) is 0. The Kier molecular flexibility index (Phi) is 5.73. The average Bonchev–Trinajstić information content (AvgIpc) is 2.46. The van der Waals surface area contributed by atoms with Crippen LogP contribution in [0.4, 0.5) is 0 Å². The zero-order valence-electron chi connectivity index (χ0n) is 12.4. The molecule has 0 atom stereocenters. The number of guanidine groups is 1. The first kappa shape index (κ1) is 15.2. The van der Waals surface area contributed by atoms with Crippen LogP contribution in [0.1, 0.15) is 11.1 Å². The third-order valence-electron chi connectivity index (χ3n) is 3.28. The van der Waals surface area contributed by atoms with Crippen molar-refractivity contribution in [3.63, 3.8) is 0 Å². The molecule has 0 aliphatic carbocycles. The van der Waals surface area contributed by atoms with E-state index in [0.717, 1.165) is 31.1 Å². The lowest BCUT2D eigenvalue weighted by atomic mass is 10.1. The molecule has 2 rings (SSSR count). The first-order valence-electron chi connectivity index (χ1n) is 7.00. The minimum absolute atomic E-state index is 0.664.